The van der Waals surface area contributed by atoms with Gasteiger partial charge in [-0.2, -0.15) is 10.5 Å². The fourth-order valence-corrected chi connectivity index (χ4v) is 1.99. The monoisotopic (exact) mass is 304 g/mol. The average Bonchev–Trinajstić information content (AvgIpc) is 2.71. The summed E-state index contributed by atoms with van der Waals surface area (Å²) in [5.41, 5.74) is 8.39. The molecule has 1 aromatic carbocycles. The molecule has 0 fully saturated rings. The van der Waals surface area contributed by atoms with Crippen LogP contribution in [0.25, 0.3) is 6.08 Å². The van der Waals surface area contributed by atoms with Crippen LogP contribution in [0, 0.1) is 22.7 Å². The lowest BCUT2D eigenvalue weighted by molar-refractivity contribution is 1.13. The average molecular weight is 304 g/mol. The largest absolute Gasteiger partial charge is 0.387 e. The van der Waals surface area contributed by atoms with Gasteiger partial charge < -0.3 is 10.6 Å². The Hall–Kier alpha value is -3.38. The number of nitrogens with zero attached hydrogens (tertiary/aromatic N) is 5. The zero-order valence-electron chi connectivity index (χ0n) is 13.0. The van der Waals surface area contributed by atoms with Gasteiger partial charge in [0.25, 0.3) is 0 Å². The number of allylic oxidation sites excluding steroid dienone is 3. The van der Waals surface area contributed by atoms with E-state index in [2.05, 4.69) is 9.98 Å². The van der Waals surface area contributed by atoms with Crippen LogP contribution in [-0.2, 0) is 0 Å². The van der Waals surface area contributed by atoms with Gasteiger partial charge in [-0.15, -0.1) is 0 Å². The van der Waals surface area contributed by atoms with Crippen LogP contribution < -0.4 is 10.6 Å². The normalized spacial score (nSPS) is 14.6. The molecule has 0 radical (unpaired) electrons. The highest BCUT2D eigenvalue weighted by Crippen LogP contribution is 2.15. The van der Waals surface area contributed by atoms with E-state index in [1.54, 1.807) is 6.08 Å². The van der Waals surface area contributed by atoms with Crippen LogP contribution in [0.15, 0.2) is 51.7 Å². The van der Waals surface area contributed by atoms with E-state index in [1.165, 1.54) is 0 Å². The summed E-state index contributed by atoms with van der Waals surface area (Å²) in [5.74, 6) is 0.262. The van der Waals surface area contributed by atoms with Crippen LogP contribution in [0.4, 0.5) is 5.69 Å². The number of amidine groups is 1. The number of nitrogens with two attached hydrogens (primary N) is 1. The fourth-order valence-electron chi connectivity index (χ4n) is 1.99. The first-order chi connectivity index (χ1) is 11.0. The number of benzene rings is 1. The molecule has 0 bridgehead atoms. The molecule has 2 rings (SSSR count). The number of anilines is 1. The number of rotatable bonds is 3. The van der Waals surface area contributed by atoms with Crippen LogP contribution >= 0.6 is 0 Å². The number of hydrogen-bond donors (Lipinski definition) is 1. The van der Waals surface area contributed by atoms with Crippen LogP contribution in [-0.4, -0.2) is 25.6 Å². The summed E-state index contributed by atoms with van der Waals surface area (Å²) < 4.78 is 0. The molecule has 1 heterocycles. The molecule has 1 aromatic rings. The van der Waals surface area contributed by atoms with Gasteiger partial charge in [-0.05, 0) is 23.8 Å². The summed E-state index contributed by atoms with van der Waals surface area (Å²) >= 11 is 0. The molecule has 1 aliphatic heterocycles. The topological polar surface area (TPSA) is 102 Å². The first kappa shape index (κ1) is 16.0. The molecule has 0 amide bonds. The highest BCUT2D eigenvalue weighted by molar-refractivity contribution is 6.11. The maximum absolute atomic E-state index is 9.08. The van der Waals surface area contributed by atoms with Crippen LogP contribution in [0.3, 0.4) is 0 Å². The van der Waals surface area contributed by atoms with E-state index < -0.39 is 0 Å². The van der Waals surface area contributed by atoms with E-state index in [-0.39, 0.29) is 17.2 Å². The van der Waals surface area contributed by atoms with Crippen LogP contribution in [0.5, 0.6) is 0 Å². The van der Waals surface area contributed by atoms with Gasteiger partial charge in [-0.25, -0.2) is 9.98 Å². The first-order valence-corrected chi connectivity index (χ1v) is 6.94. The highest BCUT2D eigenvalue weighted by Gasteiger charge is 2.12. The standard InChI is InChI=1S/C17H16N6/c1-23(2)14-7-4-12(5-8-14)3-6-13-9-17(20)22-16(11-19)15(10-18)21-13/h3-8H,9H2,1-2H3,(H2,20,22). The molecule has 0 aromatic heterocycles. The van der Waals surface area contributed by atoms with Crippen molar-refractivity contribution in [2.24, 2.45) is 15.7 Å². The van der Waals surface area contributed by atoms with E-state index in [9.17, 15) is 0 Å². The van der Waals surface area contributed by atoms with Gasteiger partial charge in [-0.1, -0.05) is 18.2 Å². The van der Waals surface area contributed by atoms with Crippen molar-refractivity contribution in [1.82, 2.24) is 0 Å². The number of aliphatic imine (C=N–C) groups is 2. The molecule has 23 heavy (non-hydrogen) atoms. The van der Waals surface area contributed by atoms with E-state index in [1.807, 2.05) is 61.5 Å². The third-order valence-electron chi connectivity index (χ3n) is 3.19. The van der Waals surface area contributed by atoms with Gasteiger partial charge in [0.1, 0.15) is 18.0 Å². The summed E-state index contributed by atoms with van der Waals surface area (Å²) in [6.07, 6.45) is 3.96. The first-order valence-electron chi connectivity index (χ1n) is 6.94. The van der Waals surface area contributed by atoms with Crippen LogP contribution in [0.1, 0.15) is 12.0 Å². The van der Waals surface area contributed by atoms with Crippen molar-refractivity contribution in [3.8, 4) is 12.1 Å². The van der Waals surface area contributed by atoms with Crippen molar-refractivity contribution >= 4 is 23.3 Å². The van der Waals surface area contributed by atoms with Crippen molar-refractivity contribution in [3.63, 3.8) is 0 Å². The summed E-state index contributed by atoms with van der Waals surface area (Å²) in [5, 5.41) is 18.1. The number of hydrogen-bond acceptors (Lipinski definition) is 6. The highest BCUT2D eigenvalue weighted by atomic mass is 15.1. The molecule has 1 aliphatic rings. The van der Waals surface area contributed by atoms with Gasteiger partial charge in [0.05, 0.1) is 0 Å². The molecule has 0 unspecified atom stereocenters. The zero-order valence-corrected chi connectivity index (χ0v) is 13.0. The maximum atomic E-state index is 9.08. The summed E-state index contributed by atoms with van der Waals surface area (Å²) in [6, 6.07) is 11.7. The Balaban J connectivity index is 2.27. The molecule has 0 atom stereocenters. The minimum Gasteiger partial charge on any atom is -0.387 e. The molecular weight excluding hydrogens is 288 g/mol. The second-order valence-corrected chi connectivity index (χ2v) is 5.12. The molecule has 0 spiro atoms. The molecule has 0 saturated heterocycles. The van der Waals surface area contributed by atoms with E-state index in [0.717, 1.165) is 11.3 Å². The van der Waals surface area contributed by atoms with Crippen molar-refractivity contribution in [3.05, 3.63) is 47.3 Å². The Morgan fingerprint density at radius 3 is 2.22 bits per heavy atom. The minimum atomic E-state index is -0.0521. The maximum Gasteiger partial charge on any atom is 0.178 e. The summed E-state index contributed by atoms with van der Waals surface area (Å²) in [6.45, 7) is 0. The van der Waals surface area contributed by atoms with Crippen LogP contribution in [0.2, 0.25) is 0 Å². The lowest BCUT2D eigenvalue weighted by Crippen LogP contribution is -2.15. The lowest BCUT2D eigenvalue weighted by atomic mass is 10.1. The third kappa shape index (κ3) is 4.05. The fraction of sp³-hybridized carbons (Fsp3) is 0.176. The minimum absolute atomic E-state index is 0.0180. The van der Waals surface area contributed by atoms with Crippen molar-refractivity contribution < 1.29 is 0 Å². The molecule has 6 nitrogen and oxygen atoms in total. The zero-order chi connectivity index (χ0) is 16.8. The van der Waals surface area contributed by atoms with E-state index >= 15 is 0 Å². The van der Waals surface area contributed by atoms with Gasteiger partial charge in [0.15, 0.2) is 11.4 Å². The molecular formula is C17H16N6. The number of nitriles is 2. The van der Waals surface area contributed by atoms with E-state index in [4.69, 9.17) is 16.3 Å². The Labute approximate surface area is 135 Å². The second kappa shape index (κ2) is 7.06. The SMILES string of the molecule is CN(C)c1ccc(C=CC2=NC(C#N)=C(C#N)N=C(N)C2)cc1. The Bertz CT molecular complexity index is 795. The predicted molar refractivity (Wildman–Crippen MR) is 91.7 cm³/mol. The summed E-state index contributed by atoms with van der Waals surface area (Å²) in [4.78, 5) is 10.1. The lowest BCUT2D eigenvalue weighted by Gasteiger charge is -2.11. The van der Waals surface area contributed by atoms with Crippen molar-refractivity contribution in [2.75, 3.05) is 19.0 Å². The molecule has 2 N–H and O–H groups in total. The Kier molecular flexibility index (Phi) is 4.91. The second-order valence-electron chi connectivity index (χ2n) is 5.12. The Morgan fingerprint density at radius 2 is 1.65 bits per heavy atom. The molecule has 114 valence electrons. The van der Waals surface area contributed by atoms with Gasteiger partial charge in [0.2, 0.25) is 0 Å². The van der Waals surface area contributed by atoms with Gasteiger partial charge in [-0.3, -0.25) is 0 Å². The molecule has 0 aliphatic carbocycles. The molecule has 6 heteroatoms. The summed E-state index contributed by atoms with van der Waals surface area (Å²) in [7, 11) is 3.96. The molecule has 0 saturated carbocycles. The van der Waals surface area contributed by atoms with Gasteiger partial charge in [0, 0.05) is 31.9 Å². The Morgan fingerprint density at radius 1 is 1.04 bits per heavy atom. The van der Waals surface area contributed by atoms with Crippen molar-refractivity contribution in [1.29, 1.82) is 10.5 Å². The van der Waals surface area contributed by atoms with E-state index in [0.29, 0.717) is 12.1 Å². The predicted octanol–water partition coefficient (Wildman–Crippen LogP) is 2.23. The van der Waals surface area contributed by atoms with Gasteiger partial charge >= 0.3 is 0 Å². The third-order valence-corrected chi connectivity index (χ3v) is 3.19. The quantitative estimate of drug-likeness (QED) is 0.925. The smallest absolute Gasteiger partial charge is 0.178 e. The van der Waals surface area contributed by atoms with Crippen molar-refractivity contribution in [2.45, 2.75) is 6.42 Å².